The summed E-state index contributed by atoms with van der Waals surface area (Å²) >= 11 is 0. The molecule has 1 fully saturated rings. The van der Waals surface area contributed by atoms with E-state index in [1.54, 1.807) is 7.11 Å². The van der Waals surface area contributed by atoms with E-state index in [1.165, 1.54) is 0 Å². The Morgan fingerprint density at radius 2 is 2.37 bits per heavy atom. The Morgan fingerprint density at radius 3 is 3.16 bits per heavy atom. The molecule has 6 heteroatoms. The summed E-state index contributed by atoms with van der Waals surface area (Å²) in [4.78, 5) is 4.38. The fourth-order valence-electron chi connectivity index (χ4n) is 1.97. The van der Waals surface area contributed by atoms with E-state index in [2.05, 4.69) is 15.5 Å². The van der Waals surface area contributed by atoms with Crippen molar-refractivity contribution in [1.82, 2.24) is 15.5 Å². The first-order chi connectivity index (χ1) is 9.36. The molecule has 0 aliphatic carbocycles. The molecule has 100 valence electrons. The zero-order valence-electron chi connectivity index (χ0n) is 10.6. The molecule has 1 saturated heterocycles. The number of benzene rings is 1. The first kappa shape index (κ1) is 12.1. The quantitative estimate of drug-likeness (QED) is 0.900. The molecule has 1 aromatic heterocycles. The van der Waals surface area contributed by atoms with Crippen LogP contribution in [0.15, 0.2) is 28.8 Å². The molecular formula is C13H15N3O3. The van der Waals surface area contributed by atoms with Crippen LogP contribution in [0.1, 0.15) is 11.9 Å². The molecule has 0 saturated carbocycles. The highest BCUT2D eigenvalue weighted by Gasteiger charge is 2.21. The highest BCUT2D eigenvalue weighted by molar-refractivity contribution is 5.55. The molecule has 1 aliphatic rings. The van der Waals surface area contributed by atoms with Gasteiger partial charge in [-0.05, 0) is 18.2 Å². The number of rotatable bonds is 3. The second-order valence-corrected chi connectivity index (χ2v) is 4.25. The molecule has 2 heterocycles. The van der Waals surface area contributed by atoms with E-state index in [0.717, 1.165) is 17.9 Å². The molecule has 2 aromatic rings. The van der Waals surface area contributed by atoms with Crippen LogP contribution in [0.2, 0.25) is 0 Å². The molecule has 1 aromatic carbocycles. The van der Waals surface area contributed by atoms with E-state index < -0.39 is 0 Å². The minimum atomic E-state index is -0.142. The van der Waals surface area contributed by atoms with Crippen molar-refractivity contribution < 1.29 is 14.0 Å². The molecule has 1 unspecified atom stereocenters. The number of nitrogens with one attached hydrogen (secondary N) is 1. The number of hydrogen-bond acceptors (Lipinski definition) is 6. The molecule has 0 radical (unpaired) electrons. The molecule has 1 atom stereocenters. The van der Waals surface area contributed by atoms with Gasteiger partial charge in [0.15, 0.2) is 0 Å². The third-order valence-corrected chi connectivity index (χ3v) is 2.97. The number of nitrogens with zero attached hydrogens (tertiary/aromatic N) is 2. The topological polar surface area (TPSA) is 69.4 Å². The molecule has 0 spiro atoms. The molecule has 1 aliphatic heterocycles. The van der Waals surface area contributed by atoms with Crippen LogP contribution >= 0.6 is 0 Å². The summed E-state index contributed by atoms with van der Waals surface area (Å²) in [7, 11) is 1.62. The summed E-state index contributed by atoms with van der Waals surface area (Å²) in [6.07, 6.45) is -0.142. The lowest BCUT2D eigenvalue weighted by molar-refractivity contribution is 0.0208. The SMILES string of the molecule is COc1cccc(-c2nc(C3CNCCO3)no2)c1. The molecule has 19 heavy (non-hydrogen) atoms. The average molecular weight is 261 g/mol. The van der Waals surface area contributed by atoms with E-state index in [-0.39, 0.29) is 6.10 Å². The first-order valence-electron chi connectivity index (χ1n) is 6.17. The Balaban J connectivity index is 1.83. The minimum absolute atomic E-state index is 0.142. The number of aromatic nitrogens is 2. The van der Waals surface area contributed by atoms with Crippen LogP contribution in [-0.4, -0.2) is 36.9 Å². The summed E-state index contributed by atoms with van der Waals surface area (Å²) in [5.74, 6) is 1.81. The van der Waals surface area contributed by atoms with Crippen molar-refractivity contribution in [3.8, 4) is 17.2 Å². The number of hydrogen-bond donors (Lipinski definition) is 1. The van der Waals surface area contributed by atoms with Crippen molar-refractivity contribution in [3.63, 3.8) is 0 Å². The van der Waals surface area contributed by atoms with Gasteiger partial charge in [0.2, 0.25) is 5.82 Å². The maximum atomic E-state index is 5.59. The van der Waals surface area contributed by atoms with Gasteiger partial charge in [0.1, 0.15) is 11.9 Å². The summed E-state index contributed by atoms with van der Waals surface area (Å²) in [5.41, 5.74) is 0.835. The smallest absolute Gasteiger partial charge is 0.258 e. The zero-order chi connectivity index (χ0) is 13.1. The summed E-state index contributed by atoms with van der Waals surface area (Å²) in [5, 5.41) is 7.21. The van der Waals surface area contributed by atoms with Crippen molar-refractivity contribution in [2.45, 2.75) is 6.10 Å². The first-order valence-corrected chi connectivity index (χ1v) is 6.17. The molecule has 0 bridgehead atoms. The maximum Gasteiger partial charge on any atom is 0.258 e. The highest BCUT2D eigenvalue weighted by atomic mass is 16.5. The lowest BCUT2D eigenvalue weighted by atomic mass is 10.2. The van der Waals surface area contributed by atoms with Crippen LogP contribution in [0.4, 0.5) is 0 Å². The van der Waals surface area contributed by atoms with Crippen LogP contribution in [0.25, 0.3) is 11.5 Å². The maximum absolute atomic E-state index is 5.59. The molecule has 3 rings (SSSR count). The summed E-state index contributed by atoms with van der Waals surface area (Å²) < 4.78 is 16.0. The Kier molecular flexibility index (Phi) is 3.43. The van der Waals surface area contributed by atoms with Gasteiger partial charge in [-0.3, -0.25) is 0 Å². The highest BCUT2D eigenvalue weighted by Crippen LogP contribution is 2.24. The molecular weight excluding hydrogens is 246 g/mol. The van der Waals surface area contributed by atoms with Crippen LogP contribution < -0.4 is 10.1 Å². The number of ether oxygens (including phenoxy) is 2. The zero-order valence-corrected chi connectivity index (χ0v) is 10.6. The van der Waals surface area contributed by atoms with Crippen molar-refractivity contribution >= 4 is 0 Å². The van der Waals surface area contributed by atoms with Crippen LogP contribution in [0, 0.1) is 0 Å². The standard InChI is InChI=1S/C13H15N3O3/c1-17-10-4-2-3-9(7-10)13-15-12(16-19-13)11-8-14-5-6-18-11/h2-4,7,11,14H,5-6,8H2,1H3. The van der Waals surface area contributed by atoms with Crippen LogP contribution in [0.5, 0.6) is 5.75 Å². The second kappa shape index (κ2) is 5.38. The van der Waals surface area contributed by atoms with E-state index in [0.29, 0.717) is 24.9 Å². The lowest BCUT2D eigenvalue weighted by Crippen LogP contribution is -2.33. The van der Waals surface area contributed by atoms with Gasteiger partial charge in [-0.1, -0.05) is 11.2 Å². The van der Waals surface area contributed by atoms with Crippen LogP contribution in [0.3, 0.4) is 0 Å². The predicted octanol–water partition coefficient (Wildman–Crippen LogP) is 1.41. The lowest BCUT2D eigenvalue weighted by Gasteiger charge is -2.20. The van der Waals surface area contributed by atoms with Crippen molar-refractivity contribution in [2.75, 3.05) is 26.8 Å². The minimum Gasteiger partial charge on any atom is -0.497 e. The fourth-order valence-corrected chi connectivity index (χ4v) is 1.97. The fraction of sp³-hybridized carbons (Fsp3) is 0.385. The van der Waals surface area contributed by atoms with Gasteiger partial charge in [0.25, 0.3) is 5.89 Å². The average Bonchev–Trinajstić information content (AvgIpc) is 2.98. The van der Waals surface area contributed by atoms with Gasteiger partial charge in [-0.25, -0.2) is 0 Å². The third-order valence-electron chi connectivity index (χ3n) is 2.97. The summed E-state index contributed by atoms with van der Waals surface area (Å²) in [6, 6.07) is 7.52. The summed E-state index contributed by atoms with van der Waals surface area (Å²) in [6.45, 7) is 2.22. The Morgan fingerprint density at radius 1 is 1.42 bits per heavy atom. The van der Waals surface area contributed by atoms with E-state index >= 15 is 0 Å². The Hall–Kier alpha value is -1.92. The molecule has 1 N–H and O–H groups in total. The van der Waals surface area contributed by atoms with Gasteiger partial charge in [0.05, 0.1) is 13.7 Å². The van der Waals surface area contributed by atoms with Gasteiger partial charge in [-0.15, -0.1) is 0 Å². The van der Waals surface area contributed by atoms with Crippen LogP contribution in [-0.2, 0) is 4.74 Å². The van der Waals surface area contributed by atoms with E-state index in [9.17, 15) is 0 Å². The normalized spacial score (nSPS) is 19.3. The van der Waals surface area contributed by atoms with Crippen molar-refractivity contribution in [3.05, 3.63) is 30.1 Å². The van der Waals surface area contributed by atoms with Crippen molar-refractivity contribution in [1.29, 1.82) is 0 Å². The van der Waals surface area contributed by atoms with Gasteiger partial charge < -0.3 is 19.3 Å². The largest absolute Gasteiger partial charge is 0.497 e. The second-order valence-electron chi connectivity index (χ2n) is 4.25. The predicted molar refractivity (Wildman–Crippen MR) is 67.8 cm³/mol. The Bertz CT molecular complexity index is 550. The molecule has 0 amide bonds. The number of morpholine rings is 1. The van der Waals surface area contributed by atoms with Gasteiger partial charge in [-0.2, -0.15) is 4.98 Å². The van der Waals surface area contributed by atoms with E-state index in [1.807, 2.05) is 24.3 Å². The van der Waals surface area contributed by atoms with E-state index in [4.69, 9.17) is 14.0 Å². The third kappa shape index (κ3) is 2.59. The van der Waals surface area contributed by atoms with Gasteiger partial charge in [0, 0.05) is 18.7 Å². The number of methoxy groups -OCH3 is 1. The van der Waals surface area contributed by atoms with Crippen molar-refractivity contribution in [2.24, 2.45) is 0 Å². The van der Waals surface area contributed by atoms with Gasteiger partial charge >= 0.3 is 0 Å². The Labute approximate surface area is 110 Å². The monoisotopic (exact) mass is 261 g/mol. The molecule has 6 nitrogen and oxygen atoms in total.